The van der Waals surface area contributed by atoms with E-state index in [1.165, 1.54) is 0 Å². The lowest BCUT2D eigenvalue weighted by atomic mass is 9.78. The maximum absolute atomic E-state index is 13.7. The Bertz CT molecular complexity index is 427. The molecule has 1 aromatic carbocycles. The Balaban J connectivity index is 2.91. The summed E-state index contributed by atoms with van der Waals surface area (Å²) in [4.78, 5) is 0. The lowest BCUT2D eigenvalue weighted by molar-refractivity contribution is 0.107. The predicted molar refractivity (Wildman–Crippen MR) is 72.3 cm³/mol. The van der Waals surface area contributed by atoms with E-state index in [1.54, 1.807) is 0 Å². The van der Waals surface area contributed by atoms with Crippen LogP contribution < -0.4 is 0 Å². The van der Waals surface area contributed by atoms with E-state index >= 15 is 0 Å². The highest BCUT2D eigenvalue weighted by Gasteiger charge is 2.25. The fourth-order valence-electron chi connectivity index (χ4n) is 1.61. The van der Waals surface area contributed by atoms with Crippen molar-refractivity contribution in [2.45, 2.75) is 40.2 Å². The fourth-order valence-corrected chi connectivity index (χ4v) is 1.92. The first-order valence-corrected chi connectivity index (χ1v) is 6.74. The summed E-state index contributed by atoms with van der Waals surface area (Å²) >= 11 is 2.92. The second-order valence-electron chi connectivity index (χ2n) is 5.81. The molecule has 1 N–H and O–H groups in total. The number of halogens is 3. The van der Waals surface area contributed by atoms with Gasteiger partial charge in [0, 0.05) is 5.56 Å². The molecule has 2 atom stereocenters. The number of hydrogen-bond donors (Lipinski definition) is 1. The van der Waals surface area contributed by atoms with Crippen LogP contribution in [0.5, 0.6) is 0 Å². The molecule has 18 heavy (non-hydrogen) atoms. The number of aliphatic hydroxyl groups excluding tert-OH is 1. The number of rotatable bonds is 3. The summed E-state index contributed by atoms with van der Waals surface area (Å²) in [6, 6.07) is 2.11. The zero-order valence-corrected chi connectivity index (χ0v) is 12.7. The van der Waals surface area contributed by atoms with Crippen LogP contribution in [0.3, 0.4) is 0 Å². The van der Waals surface area contributed by atoms with Crippen LogP contribution in [0.1, 0.15) is 45.8 Å². The van der Waals surface area contributed by atoms with E-state index < -0.39 is 17.7 Å². The molecule has 4 heteroatoms. The van der Waals surface area contributed by atoms with Crippen molar-refractivity contribution < 1.29 is 13.9 Å². The quantitative estimate of drug-likeness (QED) is 0.790. The van der Waals surface area contributed by atoms with Crippen LogP contribution in [0, 0.1) is 23.0 Å². The van der Waals surface area contributed by atoms with Crippen molar-refractivity contribution in [1.82, 2.24) is 0 Å². The molecule has 2 unspecified atom stereocenters. The molecule has 0 aromatic heterocycles. The van der Waals surface area contributed by atoms with Gasteiger partial charge in [0.15, 0.2) is 0 Å². The molecule has 0 amide bonds. The third kappa shape index (κ3) is 3.75. The first-order chi connectivity index (χ1) is 8.12. The molecule has 102 valence electrons. The zero-order chi connectivity index (χ0) is 14.1. The van der Waals surface area contributed by atoms with Gasteiger partial charge in [-0.05, 0) is 45.8 Å². The van der Waals surface area contributed by atoms with Crippen molar-refractivity contribution in [2.75, 3.05) is 0 Å². The van der Waals surface area contributed by atoms with Crippen molar-refractivity contribution in [3.8, 4) is 0 Å². The SMILES string of the molecule is CC(CC(O)c1cc(F)c(Br)cc1F)C(C)(C)C. The van der Waals surface area contributed by atoms with Crippen LogP contribution in [0.25, 0.3) is 0 Å². The molecule has 0 bridgehead atoms. The van der Waals surface area contributed by atoms with Gasteiger partial charge in [-0.3, -0.25) is 0 Å². The van der Waals surface area contributed by atoms with Gasteiger partial charge in [-0.2, -0.15) is 0 Å². The van der Waals surface area contributed by atoms with Crippen molar-refractivity contribution >= 4 is 15.9 Å². The third-order valence-corrected chi connectivity index (χ3v) is 4.06. The molecule has 0 aliphatic carbocycles. The van der Waals surface area contributed by atoms with Gasteiger partial charge in [0.1, 0.15) is 11.6 Å². The van der Waals surface area contributed by atoms with E-state index in [2.05, 4.69) is 36.7 Å². The molecule has 1 nitrogen and oxygen atoms in total. The standard InChI is InChI=1S/C14H19BrF2O/c1-8(14(2,3)4)5-13(18)9-6-12(17)10(15)7-11(9)16/h6-8,13,18H,5H2,1-4H3. The summed E-state index contributed by atoms with van der Waals surface area (Å²) in [7, 11) is 0. The first kappa shape index (κ1) is 15.6. The second kappa shape index (κ2) is 5.66. The topological polar surface area (TPSA) is 20.2 Å². The van der Waals surface area contributed by atoms with Crippen molar-refractivity contribution in [2.24, 2.45) is 11.3 Å². The monoisotopic (exact) mass is 320 g/mol. The summed E-state index contributed by atoms with van der Waals surface area (Å²) in [6.07, 6.45) is -0.580. The number of hydrogen-bond acceptors (Lipinski definition) is 1. The molecular weight excluding hydrogens is 302 g/mol. The summed E-state index contributed by atoms with van der Waals surface area (Å²) in [5.41, 5.74) is 0.0394. The Hall–Kier alpha value is -0.480. The molecule has 1 rings (SSSR count). The molecule has 0 spiro atoms. The maximum atomic E-state index is 13.7. The molecule has 1 aromatic rings. The Morgan fingerprint density at radius 2 is 1.78 bits per heavy atom. The van der Waals surface area contributed by atoms with Crippen LogP contribution in [-0.2, 0) is 0 Å². The third-order valence-electron chi connectivity index (χ3n) is 3.45. The Morgan fingerprint density at radius 1 is 1.22 bits per heavy atom. The van der Waals surface area contributed by atoms with E-state index in [-0.39, 0.29) is 21.4 Å². The zero-order valence-electron chi connectivity index (χ0n) is 11.1. The van der Waals surface area contributed by atoms with E-state index in [4.69, 9.17) is 0 Å². The van der Waals surface area contributed by atoms with Gasteiger partial charge in [-0.15, -0.1) is 0 Å². The van der Waals surface area contributed by atoms with E-state index in [0.717, 1.165) is 12.1 Å². The van der Waals surface area contributed by atoms with E-state index in [9.17, 15) is 13.9 Å². The predicted octanol–water partition coefficient (Wildman–Crippen LogP) is 4.83. The van der Waals surface area contributed by atoms with Gasteiger partial charge in [0.05, 0.1) is 10.6 Å². The highest BCUT2D eigenvalue weighted by Crippen LogP contribution is 2.34. The molecule has 0 saturated carbocycles. The average molecular weight is 321 g/mol. The molecule has 0 heterocycles. The molecule has 0 aliphatic heterocycles. The van der Waals surface area contributed by atoms with Gasteiger partial charge in [0.25, 0.3) is 0 Å². The largest absolute Gasteiger partial charge is 0.388 e. The van der Waals surface area contributed by atoms with Gasteiger partial charge in [-0.25, -0.2) is 8.78 Å². The summed E-state index contributed by atoms with van der Waals surface area (Å²) < 4.78 is 27.1. The minimum atomic E-state index is -0.984. The summed E-state index contributed by atoms with van der Waals surface area (Å²) in [5, 5.41) is 10.0. The molecule has 0 radical (unpaired) electrons. The van der Waals surface area contributed by atoms with Crippen LogP contribution in [0.4, 0.5) is 8.78 Å². The second-order valence-corrected chi connectivity index (χ2v) is 6.66. The summed E-state index contributed by atoms with van der Waals surface area (Å²) in [5.74, 6) is -0.954. The molecular formula is C14H19BrF2O. The van der Waals surface area contributed by atoms with Gasteiger partial charge < -0.3 is 5.11 Å². The molecule has 0 aliphatic rings. The maximum Gasteiger partial charge on any atom is 0.137 e. The van der Waals surface area contributed by atoms with Crippen LogP contribution >= 0.6 is 15.9 Å². The summed E-state index contributed by atoms with van der Waals surface area (Å²) in [6.45, 7) is 8.17. The highest BCUT2D eigenvalue weighted by atomic mass is 79.9. The number of aliphatic hydroxyl groups is 1. The Morgan fingerprint density at radius 3 is 2.28 bits per heavy atom. The van der Waals surface area contributed by atoms with Crippen molar-refractivity contribution in [1.29, 1.82) is 0 Å². The average Bonchev–Trinajstić information content (AvgIpc) is 2.21. The Labute approximate surface area is 115 Å². The van der Waals surface area contributed by atoms with Crippen molar-refractivity contribution in [3.63, 3.8) is 0 Å². The van der Waals surface area contributed by atoms with E-state index in [0.29, 0.717) is 6.42 Å². The van der Waals surface area contributed by atoms with Crippen LogP contribution in [0.2, 0.25) is 0 Å². The minimum Gasteiger partial charge on any atom is -0.388 e. The van der Waals surface area contributed by atoms with Crippen LogP contribution in [-0.4, -0.2) is 5.11 Å². The van der Waals surface area contributed by atoms with Gasteiger partial charge >= 0.3 is 0 Å². The van der Waals surface area contributed by atoms with E-state index in [1.807, 2.05) is 6.92 Å². The molecule has 0 saturated heterocycles. The van der Waals surface area contributed by atoms with Gasteiger partial charge in [0.2, 0.25) is 0 Å². The Kier molecular flexibility index (Phi) is 4.90. The fraction of sp³-hybridized carbons (Fsp3) is 0.571. The lowest BCUT2D eigenvalue weighted by Crippen LogP contribution is -2.20. The van der Waals surface area contributed by atoms with Crippen molar-refractivity contribution in [3.05, 3.63) is 33.8 Å². The lowest BCUT2D eigenvalue weighted by Gasteiger charge is -2.29. The van der Waals surface area contributed by atoms with Crippen LogP contribution in [0.15, 0.2) is 16.6 Å². The van der Waals surface area contributed by atoms with Gasteiger partial charge in [-0.1, -0.05) is 27.7 Å². The smallest absolute Gasteiger partial charge is 0.137 e. The first-order valence-electron chi connectivity index (χ1n) is 5.95. The number of benzene rings is 1. The normalized spacial score (nSPS) is 15.6. The molecule has 0 fully saturated rings. The minimum absolute atomic E-state index is 0.0192. The highest BCUT2D eigenvalue weighted by molar-refractivity contribution is 9.10.